The van der Waals surface area contributed by atoms with Crippen LogP contribution in [0.2, 0.25) is 0 Å². The Morgan fingerprint density at radius 3 is 2.74 bits per heavy atom. The first-order valence-electron chi connectivity index (χ1n) is 7.13. The average Bonchev–Trinajstić information content (AvgIpc) is 2.87. The average molecular weight is 343 g/mol. The fourth-order valence-corrected chi connectivity index (χ4v) is 3.61. The Balaban J connectivity index is 2.14. The first-order valence-corrected chi connectivity index (χ1v) is 8.74. The minimum atomic E-state index is -3.39. The SMILES string of the molecule is COC(=O)c1cccc(N2C[C@@H](CS(=O)(=O)N(C)C)[C@H](O)C2)n1. The molecule has 0 amide bonds. The van der Waals surface area contributed by atoms with Gasteiger partial charge < -0.3 is 14.7 Å². The third kappa shape index (κ3) is 3.98. The number of pyridine rings is 1. The summed E-state index contributed by atoms with van der Waals surface area (Å²) < 4.78 is 29.7. The second-order valence-electron chi connectivity index (χ2n) is 5.67. The number of sulfonamides is 1. The van der Waals surface area contributed by atoms with Crippen molar-refractivity contribution >= 4 is 21.8 Å². The Morgan fingerprint density at radius 2 is 2.13 bits per heavy atom. The van der Waals surface area contributed by atoms with Crippen molar-refractivity contribution in [2.45, 2.75) is 6.10 Å². The Hall–Kier alpha value is -1.71. The second kappa shape index (κ2) is 6.81. The number of hydrogen-bond acceptors (Lipinski definition) is 7. The van der Waals surface area contributed by atoms with E-state index >= 15 is 0 Å². The van der Waals surface area contributed by atoms with Gasteiger partial charge in [-0.05, 0) is 12.1 Å². The van der Waals surface area contributed by atoms with Crippen LogP contribution < -0.4 is 4.90 Å². The molecule has 2 atom stereocenters. The predicted molar refractivity (Wildman–Crippen MR) is 84.8 cm³/mol. The van der Waals surface area contributed by atoms with Gasteiger partial charge >= 0.3 is 5.97 Å². The van der Waals surface area contributed by atoms with E-state index in [4.69, 9.17) is 0 Å². The zero-order valence-electron chi connectivity index (χ0n) is 13.3. The van der Waals surface area contributed by atoms with Crippen LogP contribution in [0.1, 0.15) is 10.5 Å². The second-order valence-corrected chi connectivity index (χ2v) is 7.89. The molecule has 0 unspecified atom stereocenters. The molecular weight excluding hydrogens is 322 g/mol. The number of β-amino-alcohol motifs (C(OH)–C–C–N with tert-alkyl or cyclic N) is 1. The van der Waals surface area contributed by atoms with Gasteiger partial charge in [-0.15, -0.1) is 0 Å². The maximum Gasteiger partial charge on any atom is 0.356 e. The van der Waals surface area contributed by atoms with E-state index in [1.807, 2.05) is 0 Å². The van der Waals surface area contributed by atoms with E-state index in [2.05, 4.69) is 9.72 Å². The summed E-state index contributed by atoms with van der Waals surface area (Å²) in [5.41, 5.74) is 0.170. The molecule has 2 rings (SSSR count). The molecule has 0 spiro atoms. The predicted octanol–water partition coefficient (Wildman–Crippen LogP) is -0.443. The van der Waals surface area contributed by atoms with E-state index in [-0.39, 0.29) is 18.0 Å². The van der Waals surface area contributed by atoms with Crippen LogP contribution in [-0.2, 0) is 14.8 Å². The third-order valence-electron chi connectivity index (χ3n) is 3.84. The van der Waals surface area contributed by atoms with E-state index in [0.29, 0.717) is 12.4 Å². The molecule has 1 aliphatic heterocycles. The molecule has 0 bridgehead atoms. The molecule has 0 aliphatic carbocycles. The van der Waals surface area contributed by atoms with E-state index < -0.39 is 28.0 Å². The number of carbonyl (C=O) groups is 1. The van der Waals surface area contributed by atoms with E-state index in [0.717, 1.165) is 4.31 Å². The molecule has 0 aromatic carbocycles. The van der Waals surface area contributed by atoms with Gasteiger partial charge in [0.25, 0.3) is 0 Å². The summed E-state index contributed by atoms with van der Waals surface area (Å²) in [4.78, 5) is 17.5. The van der Waals surface area contributed by atoms with Gasteiger partial charge in [0, 0.05) is 33.1 Å². The summed E-state index contributed by atoms with van der Waals surface area (Å²) in [6.45, 7) is 0.622. The van der Waals surface area contributed by atoms with E-state index in [1.54, 1.807) is 17.0 Å². The lowest BCUT2D eigenvalue weighted by molar-refractivity contribution is 0.0594. The number of nitrogens with zero attached hydrogens (tertiary/aromatic N) is 3. The Bertz CT molecular complexity index is 677. The van der Waals surface area contributed by atoms with Crippen LogP contribution >= 0.6 is 0 Å². The Labute approximate surface area is 135 Å². The lowest BCUT2D eigenvalue weighted by Crippen LogP contribution is -2.33. The molecule has 1 aromatic heterocycles. The fraction of sp³-hybridized carbons (Fsp3) is 0.571. The zero-order valence-corrected chi connectivity index (χ0v) is 14.2. The number of esters is 1. The topological polar surface area (TPSA) is 100 Å². The molecule has 9 heteroatoms. The summed E-state index contributed by atoms with van der Waals surface area (Å²) in [5, 5.41) is 10.1. The van der Waals surface area contributed by atoms with Crippen molar-refractivity contribution in [1.29, 1.82) is 0 Å². The lowest BCUT2D eigenvalue weighted by atomic mass is 10.1. The molecule has 2 heterocycles. The minimum absolute atomic E-state index is 0.131. The summed E-state index contributed by atoms with van der Waals surface area (Å²) in [6.07, 6.45) is -0.770. The minimum Gasteiger partial charge on any atom is -0.464 e. The highest BCUT2D eigenvalue weighted by Gasteiger charge is 2.36. The lowest BCUT2D eigenvalue weighted by Gasteiger charge is -2.18. The van der Waals surface area contributed by atoms with Crippen molar-refractivity contribution in [3.8, 4) is 0 Å². The van der Waals surface area contributed by atoms with Crippen LogP contribution in [0.25, 0.3) is 0 Å². The quantitative estimate of drug-likeness (QED) is 0.723. The summed E-state index contributed by atoms with van der Waals surface area (Å²) in [5.74, 6) is -0.574. The number of ether oxygens (including phenoxy) is 1. The van der Waals surface area contributed by atoms with Crippen molar-refractivity contribution in [3.63, 3.8) is 0 Å². The molecule has 23 heavy (non-hydrogen) atoms. The monoisotopic (exact) mass is 343 g/mol. The number of aliphatic hydroxyl groups is 1. The highest BCUT2D eigenvalue weighted by atomic mass is 32.2. The van der Waals surface area contributed by atoms with Crippen molar-refractivity contribution in [3.05, 3.63) is 23.9 Å². The molecule has 1 fully saturated rings. The first kappa shape index (κ1) is 17.6. The Morgan fingerprint density at radius 1 is 1.43 bits per heavy atom. The van der Waals surface area contributed by atoms with Crippen LogP contribution in [0.5, 0.6) is 0 Å². The molecule has 1 N–H and O–H groups in total. The van der Waals surface area contributed by atoms with Gasteiger partial charge in [0.1, 0.15) is 5.82 Å². The molecule has 1 aliphatic rings. The standard InChI is InChI=1S/C14H21N3O5S/c1-16(2)23(20,21)9-10-7-17(8-12(10)18)13-6-4-5-11(15-13)14(19)22-3/h4-6,10,12,18H,7-9H2,1-3H3/t10-,12+/m0/s1. The number of rotatable bonds is 5. The van der Waals surface area contributed by atoms with Crippen molar-refractivity contribution in [2.75, 3.05) is 44.9 Å². The van der Waals surface area contributed by atoms with Gasteiger partial charge in [0.05, 0.1) is 19.0 Å². The van der Waals surface area contributed by atoms with Crippen molar-refractivity contribution < 1.29 is 23.1 Å². The molecule has 1 aromatic rings. The molecule has 1 saturated heterocycles. The third-order valence-corrected chi connectivity index (χ3v) is 5.80. The first-order chi connectivity index (χ1) is 10.7. The summed E-state index contributed by atoms with van der Waals surface area (Å²) in [6, 6.07) is 4.92. The number of aliphatic hydroxyl groups excluding tert-OH is 1. The highest BCUT2D eigenvalue weighted by molar-refractivity contribution is 7.89. The Kier molecular flexibility index (Phi) is 5.23. The molecule has 128 valence electrons. The molecule has 0 radical (unpaired) electrons. The van der Waals surface area contributed by atoms with Crippen LogP contribution in [0, 0.1) is 5.92 Å². The zero-order chi connectivity index (χ0) is 17.2. The largest absolute Gasteiger partial charge is 0.464 e. The highest BCUT2D eigenvalue weighted by Crippen LogP contribution is 2.24. The van der Waals surface area contributed by atoms with E-state index in [1.165, 1.54) is 27.3 Å². The van der Waals surface area contributed by atoms with Crippen molar-refractivity contribution in [1.82, 2.24) is 9.29 Å². The van der Waals surface area contributed by atoms with Gasteiger partial charge in [-0.1, -0.05) is 6.07 Å². The van der Waals surface area contributed by atoms with Gasteiger partial charge in [-0.25, -0.2) is 22.5 Å². The van der Waals surface area contributed by atoms with Gasteiger partial charge in [-0.2, -0.15) is 0 Å². The van der Waals surface area contributed by atoms with Gasteiger partial charge in [0.15, 0.2) is 5.69 Å². The number of anilines is 1. The summed E-state index contributed by atoms with van der Waals surface area (Å²) in [7, 11) is 0.819. The molecule has 8 nitrogen and oxygen atoms in total. The van der Waals surface area contributed by atoms with Crippen molar-refractivity contribution in [2.24, 2.45) is 5.92 Å². The molecular formula is C14H21N3O5S. The maximum atomic E-state index is 12.0. The summed E-state index contributed by atoms with van der Waals surface area (Å²) >= 11 is 0. The number of aromatic nitrogens is 1. The van der Waals surface area contributed by atoms with Crippen LogP contribution in [0.3, 0.4) is 0 Å². The molecule has 0 saturated carbocycles. The van der Waals surface area contributed by atoms with Gasteiger partial charge in [0.2, 0.25) is 10.0 Å². The van der Waals surface area contributed by atoms with Crippen LogP contribution in [-0.4, -0.2) is 74.9 Å². The number of hydrogen-bond donors (Lipinski definition) is 1. The van der Waals surface area contributed by atoms with E-state index in [9.17, 15) is 18.3 Å². The smallest absolute Gasteiger partial charge is 0.356 e. The van der Waals surface area contributed by atoms with Gasteiger partial charge in [-0.3, -0.25) is 0 Å². The fourth-order valence-electron chi connectivity index (χ4n) is 2.44. The number of carbonyl (C=O) groups excluding carboxylic acids is 1. The maximum absolute atomic E-state index is 12.0. The van der Waals surface area contributed by atoms with Crippen LogP contribution in [0.15, 0.2) is 18.2 Å². The van der Waals surface area contributed by atoms with Crippen LogP contribution in [0.4, 0.5) is 5.82 Å². The normalized spacial score (nSPS) is 21.7. The number of methoxy groups -OCH3 is 1.